The van der Waals surface area contributed by atoms with Crippen molar-refractivity contribution >= 4 is 5.97 Å². The van der Waals surface area contributed by atoms with Crippen molar-refractivity contribution in [1.29, 1.82) is 0 Å². The number of hydrogen-bond acceptors (Lipinski definition) is 2. The van der Waals surface area contributed by atoms with E-state index in [1.165, 1.54) is 7.11 Å². The van der Waals surface area contributed by atoms with Crippen molar-refractivity contribution in [3.63, 3.8) is 0 Å². The van der Waals surface area contributed by atoms with Gasteiger partial charge in [0.05, 0.1) is 12.5 Å². The van der Waals surface area contributed by atoms with Gasteiger partial charge < -0.3 is 4.74 Å². The van der Waals surface area contributed by atoms with E-state index in [2.05, 4.69) is 5.92 Å². The molecule has 0 fully saturated rings. The Kier molecular flexibility index (Phi) is 4.14. The molecule has 21 heavy (non-hydrogen) atoms. The fourth-order valence-corrected chi connectivity index (χ4v) is 2.24. The molecule has 0 atom stereocenters. The van der Waals surface area contributed by atoms with Crippen LogP contribution in [0.1, 0.15) is 25.0 Å². The zero-order chi connectivity index (χ0) is 15.5. The van der Waals surface area contributed by atoms with Crippen LogP contribution in [0.15, 0.2) is 48.5 Å². The summed E-state index contributed by atoms with van der Waals surface area (Å²) in [6, 6.07) is 15.7. The quantitative estimate of drug-likeness (QED) is 0.631. The van der Waals surface area contributed by atoms with Gasteiger partial charge in [0.1, 0.15) is 0 Å². The van der Waals surface area contributed by atoms with Gasteiger partial charge in [-0.25, -0.2) is 0 Å². The third-order valence-corrected chi connectivity index (χ3v) is 3.66. The molecule has 0 aliphatic carbocycles. The average molecular weight is 278 g/mol. The van der Waals surface area contributed by atoms with Crippen molar-refractivity contribution in [2.45, 2.75) is 19.3 Å². The van der Waals surface area contributed by atoms with Crippen molar-refractivity contribution in [3.8, 4) is 23.5 Å². The first-order valence-corrected chi connectivity index (χ1v) is 6.75. The molecule has 0 spiro atoms. The molecule has 2 nitrogen and oxygen atoms in total. The number of methoxy groups -OCH3 is 1. The maximum Gasteiger partial charge on any atom is 0.315 e. The van der Waals surface area contributed by atoms with Crippen LogP contribution in [0.25, 0.3) is 11.1 Å². The Labute approximate surface area is 125 Å². The summed E-state index contributed by atoms with van der Waals surface area (Å²) in [5.74, 6) is 2.39. The van der Waals surface area contributed by atoms with Crippen molar-refractivity contribution in [3.05, 3.63) is 59.7 Å². The van der Waals surface area contributed by atoms with Crippen molar-refractivity contribution in [1.82, 2.24) is 0 Å². The molecule has 0 saturated heterocycles. The largest absolute Gasteiger partial charge is 0.468 e. The van der Waals surface area contributed by atoms with E-state index in [1.54, 1.807) is 0 Å². The molecular weight excluding hydrogens is 260 g/mol. The molecule has 0 aliphatic rings. The van der Waals surface area contributed by atoms with Gasteiger partial charge in [0.15, 0.2) is 0 Å². The topological polar surface area (TPSA) is 26.3 Å². The van der Waals surface area contributed by atoms with Crippen LogP contribution < -0.4 is 0 Å². The van der Waals surface area contributed by atoms with Crippen LogP contribution in [0.2, 0.25) is 0 Å². The molecule has 0 N–H and O–H groups in total. The lowest BCUT2D eigenvalue weighted by Gasteiger charge is -2.22. The first-order chi connectivity index (χ1) is 9.98. The summed E-state index contributed by atoms with van der Waals surface area (Å²) < 4.78 is 4.85. The molecular formula is C19H18O2. The summed E-state index contributed by atoms with van der Waals surface area (Å²) in [6.45, 7) is 3.71. The lowest BCUT2D eigenvalue weighted by Crippen LogP contribution is -2.30. The van der Waals surface area contributed by atoms with Gasteiger partial charge in [0.25, 0.3) is 0 Å². The van der Waals surface area contributed by atoms with Gasteiger partial charge in [-0.2, -0.15) is 0 Å². The van der Waals surface area contributed by atoms with E-state index in [0.717, 1.165) is 22.3 Å². The van der Waals surface area contributed by atoms with E-state index in [-0.39, 0.29) is 5.97 Å². The van der Waals surface area contributed by atoms with Gasteiger partial charge in [-0.3, -0.25) is 4.79 Å². The first kappa shape index (κ1) is 14.9. The average Bonchev–Trinajstić information content (AvgIpc) is 2.54. The second-order valence-corrected chi connectivity index (χ2v) is 5.42. The maximum absolute atomic E-state index is 11.8. The van der Waals surface area contributed by atoms with Gasteiger partial charge >= 0.3 is 5.97 Å². The zero-order valence-electron chi connectivity index (χ0n) is 12.5. The van der Waals surface area contributed by atoms with Crippen LogP contribution in [0.5, 0.6) is 0 Å². The van der Waals surface area contributed by atoms with Gasteiger partial charge in [0, 0.05) is 5.56 Å². The molecule has 106 valence electrons. The predicted octanol–water partition coefficient (Wildman–Crippen LogP) is 3.79. The van der Waals surface area contributed by atoms with Crippen LogP contribution in [-0.2, 0) is 14.9 Å². The highest BCUT2D eigenvalue weighted by molar-refractivity contribution is 5.82. The van der Waals surface area contributed by atoms with E-state index >= 15 is 0 Å². The molecule has 2 rings (SSSR count). The molecule has 0 saturated carbocycles. The molecule has 0 aromatic heterocycles. The van der Waals surface area contributed by atoms with Crippen LogP contribution in [-0.4, -0.2) is 13.1 Å². The second kappa shape index (κ2) is 5.85. The molecule has 2 heteroatoms. The highest BCUT2D eigenvalue weighted by Crippen LogP contribution is 2.28. The number of carbonyl (C=O) groups is 1. The normalized spacial score (nSPS) is 10.8. The predicted molar refractivity (Wildman–Crippen MR) is 84.9 cm³/mol. The molecule has 0 amide bonds. The monoisotopic (exact) mass is 278 g/mol. The molecule has 0 bridgehead atoms. The molecule has 0 unspecified atom stereocenters. The lowest BCUT2D eigenvalue weighted by atomic mass is 9.84. The number of hydrogen-bond donors (Lipinski definition) is 0. The summed E-state index contributed by atoms with van der Waals surface area (Å²) in [6.07, 6.45) is 5.43. The minimum absolute atomic E-state index is 0.246. The van der Waals surface area contributed by atoms with E-state index in [9.17, 15) is 4.79 Å². The Morgan fingerprint density at radius 1 is 1.10 bits per heavy atom. The minimum atomic E-state index is -0.659. The molecule has 2 aromatic rings. The van der Waals surface area contributed by atoms with Gasteiger partial charge in [-0.05, 0) is 42.7 Å². The van der Waals surface area contributed by atoms with E-state index < -0.39 is 5.41 Å². The summed E-state index contributed by atoms with van der Waals surface area (Å²) in [4.78, 5) is 11.8. The second-order valence-electron chi connectivity index (χ2n) is 5.42. The summed E-state index contributed by atoms with van der Waals surface area (Å²) in [7, 11) is 1.41. The summed E-state index contributed by atoms with van der Waals surface area (Å²) >= 11 is 0. The SMILES string of the molecule is C#Cc1cccc(-c2ccc(C(C)(C)C(=O)OC)cc2)c1. The minimum Gasteiger partial charge on any atom is -0.468 e. The number of terminal acetylenes is 1. The third-order valence-electron chi connectivity index (χ3n) is 3.66. The van der Waals surface area contributed by atoms with Crippen molar-refractivity contribution < 1.29 is 9.53 Å². The Morgan fingerprint density at radius 2 is 1.76 bits per heavy atom. The number of rotatable bonds is 3. The molecule has 2 aromatic carbocycles. The first-order valence-electron chi connectivity index (χ1n) is 6.75. The van der Waals surface area contributed by atoms with E-state index in [4.69, 9.17) is 11.2 Å². The van der Waals surface area contributed by atoms with Crippen LogP contribution in [0.4, 0.5) is 0 Å². The summed E-state index contributed by atoms with van der Waals surface area (Å²) in [5.41, 5.74) is 3.25. The standard InChI is InChI=1S/C19H18O2/c1-5-14-7-6-8-16(13-14)15-9-11-17(12-10-15)19(2,3)18(20)21-4/h1,6-13H,2-4H3. The molecule has 0 aliphatic heterocycles. The zero-order valence-corrected chi connectivity index (χ0v) is 12.5. The smallest absolute Gasteiger partial charge is 0.315 e. The van der Waals surface area contributed by atoms with Crippen molar-refractivity contribution in [2.24, 2.45) is 0 Å². The number of carbonyl (C=O) groups excluding carboxylic acids is 1. The van der Waals surface area contributed by atoms with Crippen LogP contribution in [0, 0.1) is 12.3 Å². The Hall–Kier alpha value is -2.53. The molecule has 0 radical (unpaired) electrons. The maximum atomic E-state index is 11.8. The van der Waals surface area contributed by atoms with Gasteiger partial charge in [-0.15, -0.1) is 6.42 Å². The highest BCUT2D eigenvalue weighted by atomic mass is 16.5. The lowest BCUT2D eigenvalue weighted by molar-refractivity contribution is -0.146. The van der Waals surface area contributed by atoms with Crippen molar-refractivity contribution in [2.75, 3.05) is 7.11 Å². The van der Waals surface area contributed by atoms with E-state index in [0.29, 0.717) is 0 Å². The third kappa shape index (κ3) is 2.98. The fraction of sp³-hybridized carbons (Fsp3) is 0.211. The number of esters is 1. The number of ether oxygens (including phenoxy) is 1. The highest BCUT2D eigenvalue weighted by Gasteiger charge is 2.30. The Morgan fingerprint density at radius 3 is 2.33 bits per heavy atom. The summed E-state index contributed by atoms with van der Waals surface area (Å²) in [5, 5.41) is 0. The fourth-order valence-electron chi connectivity index (χ4n) is 2.24. The van der Waals surface area contributed by atoms with Crippen LogP contribution >= 0.6 is 0 Å². The van der Waals surface area contributed by atoms with E-state index in [1.807, 2.05) is 62.4 Å². The molecule has 0 heterocycles. The van der Waals surface area contributed by atoms with Gasteiger partial charge in [0.2, 0.25) is 0 Å². The van der Waals surface area contributed by atoms with Gasteiger partial charge in [-0.1, -0.05) is 42.3 Å². The number of benzene rings is 2. The Balaban J connectivity index is 2.35. The Bertz CT molecular complexity index is 688. The van der Waals surface area contributed by atoms with Crippen LogP contribution in [0.3, 0.4) is 0 Å².